The van der Waals surface area contributed by atoms with Crippen LogP contribution in [0, 0.1) is 6.92 Å². The van der Waals surface area contributed by atoms with Gasteiger partial charge in [-0.2, -0.15) is 0 Å². The number of sulfonamides is 1. The maximum Gasteiger partial charge on any atom is 0.338 e. The maximum atomic E-state index is 12.7. The van der Waals surface area contributed by atoms with Crippen LogP contribution in [0.2, 0.25) is 0 Å². The molecule has 0 radical (unpaired) electrons. The lowest BCUT2D eigenvalue weighted by molar-refractivity contribution is -0.117. The van der Waals surface area contributed by atoms with Gasteiger partial charge in [-0.25, -0.2) is 13.2 Å². The molecule has 0 unspecified atom stereocenters. The number of amides is 1. The lowest BCUT2D eigenvalue weighted by atomic mass is 10.1. The normalized spacial score (nSPS) is 14.2. The van der Waals surface area contributed by atoms with Crippen LogP contribution in [0.1, 0.15) is 35.7 Å². The van der Waals surface area contributed by atoms with E-state index >= 15 is 0 Å². The van der Waals surface area contributed by atoms with E-state index in [-0.39, 0.29) is 17.4 Å². The number of nitrogens with zero attached hydrogens (tertiary/aromatic N) is 1. The number of hydrogen-bond donors (Lipinski definition) is 1. The fraction of sp³-hybridized carbons (Fsp3) is 0.300. The van der Waals surface area contributed by atoms with Crippen molar-refractivity contribution in [3.63, 3.8) is 0 Å². The summed E-state index contributed by atoms with van der Waals surface area (Å²) in [5.41, 5.74) is 2.04. The third-order valence-corrected chi connectivity index (χ3v) is 5.90. The first kappa shape index (κ1) is 19.9. The predicted octanol–water partition coefficient (Wildman–Crippen LogP) is 3.10. The average Bonchev–Trinajstić information content (AvgIpc) is 3.09. The number of benzene rings is 2. The summed E-state index contributed by atoms with van der Waals surface area (Å²) in [4.78, 5) is 25.4. The van der Waals surface area contributed by atoms with Crippen molar-refractivity contribution >= 4 is 33.3 Å². The van der Waals surface area contributed by atoms with Crippen molar-refractivity contribution in [2.45, 2.75) is 31.6 Å². The Hall–Kier alpha value is -2.87. The van der Waals surface area contributed by atoms with Gasteiger partial charge in [-0.1, -0.05) is 0 Å². The Labute approximate surface area is 164 Å². The molecule has 0 aromatic heterocycles. The number of hydrogen-bond acceptors (Lipinski definition) is 5. The first-order valence-corrected chi connectivity index (χ1v) is 10.5. The molecule has 1 fully saturated rings. The van der Waals surface area contributed by atoms with Crippen LogP contribution in [0.3, 0.4) is 0 Å². The largest absolute Gasteiger partial charge is 0.462 e. The molecule has 1 aliphatic heterocycles. The molecule has 1 heterocycles. The van der Waals surface area contributed by atoms with Gasteiger partial charge in [0, 0.05) is 18.7 Å². The van der Waals surface area contributed by atoms with Crippen LogP contribution in [0.15, 0.2) is 47.4 Å². The van der Waals surface area contributed by atoms with Crippen molar-refractivity contribution < 1.29 is 22.7 Å². The first-order valence-electron chi connectivity index (χ1n) is 9.03. The summed E-state index contributed by atoms with van der Waals surface area (Å²) in [7, 11) is -3.80. The zero-order chi connectivity index (χ0) is 20.3. The Morgan fingerprint density at radius 1 is 1.18 bits per heavy atom. The average molecular weight is 402 g/mol. The van der Waals surface area contributed by atoms with E-state index in [0.29, 0.717) is 35.5 Å². The van der Waals surface area contributed by atoms with Gasteiger partial charge in [0.1, 0.15) is 0 Å². The summed E-state index contributed by atoms with van der Waals surface area (Å²) in [6.45, 7) is 4.35. The van der Waals surface area contributed by atoms with E-state index in [2.05, 4.69) is 4.72 Å². The molecule has 1 saturated heterocycles. The number of aryl methyl sites for hydroxylation is 1. The summed E-state index contributed by atoms with van der Waals surface area (Å²) >= 11 is 0. The van der Waals surface area contributed by atoms with Crippen molar-refractivity contribution in [1.82, 2.24) is 0 Å². The van der Waals surface area contributed by atoms with E-state index in [0.717, 1.165) is 6.42 Å². The molecule has 0 atom stereocenters. The molecule has 1 amide bonds. The Balaban J connectivity index is 1.78. The Bertz CT molecular complexity index is 1000. The smallest absolute Gasteiger partial charge is 0.338 e. The molecule has 0 saturated carbocycles. The van der Waals surface area contributed by atoms with Crippen LogP contribution in [0.5, 0.6) is 0 Å². The molecule has 2 aromatic carbocycles. The molecule has 28 heavy (non-hydrogen) atoms. The van der Waals surface area contributed by atoms with Crippen molar-refractivity contribution in [2.24, 2.45) is 0 Å². The SMILES string of the molecule is CCOC(=O)c1ccc(NS(=O)(=O)c2ccc(N3CCCC3=O)cc2)c(C)c1. The van der Waals surface area contributed by atoms with Crippen LogP contribution >= 0.6 is 0 Å². The minimum Gasteiger partial charge on any atom is -0.462 e. The molecule has 0 aliphatic carbocycles. The summed E-state index contributed by atoms with van der Waals surface area (Å²) in [5, 5.41) is 0. The van der Waals surface area contributed by atoms with Crippen molar-refractivity contribution in [1.29, 1.82) is 0 Å². The fourth-order valence-electron chi connectivity index (χ4n) is 3.05. The van der Waals surface area contributed by atoms with Gasteiger partial charge in [0.05, 0.1) is 22.8 Å². The van der Waals surface area contributed by atoms with Crippen LogP contribution in [0.25, 0.3) is 0 Å². The van der Waals surface area contributed by atoms with Gasteiger partial charge in [0.25, 0.3) is 10.0 Å². The van der Waals surface area contributed by atoms with Crippen molar-refractivity contribution in [2.75, 3.05) is 22.8 Å². The zero-order valence-electron chi connectivity index (χ0n) is 15.8. The van der Waals surface area contributed by atoms with Gasteiger partial charge >= 0.3 is 5.97 Å². The number of rotatable bonds is 6. The van der Waals surface area contributed by atoms with Crippen molar-refractivity contribution in [3.8, 4) is 0 Å². The van der Waals surface area contributed by atoms with Crippen molar-refractivity contribution in [3.05, 3.63) is 53.6 Å². The summed E-state index contributed by atoms with van der Waals surface area (Å²) in [6, 6.07) is 10.9. The minimum atomic E-state index is -3.80. The number of ether oxygens (including phenoxy) is 1. The molecule has 3 rings (SSSR count). The summed E-state index contributed by atoms with van der Waals surface area (Å²) in [6.07, 6.45) is 1.32. The van der Waals surface area contributed by atoms with Gasteiger partial charge in [0.15, 0.2) is 0 Å². The second-order valence-electron chi connectivity index (χ2n) is 6.50. The van der Waals surface area contributed by atoms with Gasteiger partial charge < -0.3 is 9.64 Å². The number of carbonyl (C=O) groups excluding carboxylic acids is 2. The standard InChI is InChI=1S/C20H22N2O5S/c1-3-27-20(24)15-6-11-18(14(2)13-15)21-28(25,26)17-9-7-16(8-10-17)22-12-4-5-19(22)23/h6-11,13,21H,3-5,12H2,1-2H3. The van der Waals surface area contributed by atoms with Crippen LogP contribution < -0.4 is 9.62 Å². The third-order valence-electron chi connectivity index (χ3n) is 4.51. The van der Waals surface area contributed by atoms with Gasteiger partial charge in [-0.3, -0.25) is 9.52 Å². The highest BCUT2D eigenvalue weighted by molar-refractivity contribution is 7.92. The van der Waals surface area contributed by atoms with E-state index in [1.165, 1.54) is 24.3 Å². The Kier molecular flexibility index (Phi) is 5.69. The molecule has 2 aromatic rings. The van der Waals surface area contributed by atoms with E-state index in [1.807, 2.05) is 0 Å². The van der Waals surface area contributed by atoms with E-state index in [1.54, 1.807) is 36.9 Å². The second kappa shape index (κ2) is 8.02. The molecule has 7 nitrogen and oxygen atoms in total. The molecule has 1 N–H and O–H groups in total. The molecule has 1 aliphatic rings. The fourth-order valence-corrected chi connectivity index (χ4v) is 4.18. The minimum absolute atomic E-state index is 0.0473. The maximum absolute atomic E-state index is 12.7. The van der Waals surface area contributed by atoms with Crippen LogP contribution in [-0.2, 0) is 19.6 Å². The lowest BCUT2D eigenvalue weighted by Crippen LogP contribution is -2.23. The summed E-state index contributed by atoms with van der Waals surface area (Å²) in [5.74, 6) is -0.405. The number of carbonyl (C=O) groups is 2. The van der Waals surface area contributed by atoms with Gasteiger partial charge in [-0.05, 0) is 68.3 Å². The monoisotopic (exact) mass is 402 g/mol. The Morgan fingerprint density at radius 3 is 2.46 bits per heavy atom. The molecular weight excluding hydrogens is 380 g/mol. The highest BCUT2D eigenvalue weighted by Gasteiger charge is 2.22. The highest BCUT2D eigenvalue weighted by atomic mass is 32.2. The highest BCUT2D eigenvalue weighted by Crippen LogP contribution is 2.25. The van der Waals surface area contributed by atoms with Crippen LogP contribution in [0.4, 0.5) is 11.4 Å². The van der Waals surface area contributed by atoms with E-state index in [4.69, 9.17) is 4.74 Å². The topological polar surface area (TPSA) is 92.8 Å². The lowest BCUT2D eigenvalue weighted by Gasteiger charge is -2.16. The zero-order valence-corrected chi connectivity index (χ0v) is 16.6. The third kappa shape index (κ3) is 4.17. The molecular formula is C20H22N2O5S. The molecule has 148 valence electrons. The van der Waals surface area contributed by atoms with Gasteiger partial charge in [-0.15, -0.1) is 0 Å². The second-order valence-corrected chi connectivity index (χ2v) is 8.18. The Morgan fingerprint density at radius 2 is 1.89 bits per heavy atom. The number of nitrogens with one attached hydrogen (secondary N) is 1. The quantitative estimate of drug-likeness (QED) is 0.750. The van der Waals surface area contributed by atoms with Gasteiger partial charge in [0.2, 0.25) is 5.91 Å². The number of anilines is 2. The number of esters is 1. The first-order chi connectivity index (χ1) is 13.3. The molecule has 0 bridgehead atoms. The summed E-state index contributed by atoms with van der Waals surface area (Å²) < 4.78 is 32.9. The predicted molar refractivity (Wildman–Crippen MR) is 106 cm³/mol. The van der Waals surface area contributed by atoms with E-state index < -0.39 is 16.0 Å². The van der Waals surface area contributed by atoms with Crippen LogP contribution in [-0.4, -0.2) is 33.4 Å². The molecule has 8 heteroatoms. The van der Waals surface area contributed by atoms with E-state index in [9.17, 15) is 18.0 Å². The molecule has 0 spiro atoms.